The van der Waals surface area contributed by atoms with Gasteiger partial charge in [0.15, 0.2) is 4.93 Å². The second-order valence-electron chi connectivity index (χ2n) is 17.0. The minimum atomic E-state index is -4.21. The molecule has 2 aliphatic carbocycles. The molecule has 8 rings (SSSR count). The van der Waals surface area contributed by atoms with Gasteiger partial charge in [-0.1, -0.05) is 57.0 Å². The zero-order valence-corrected chi connectivity index (χ0v) is 36.9. The highest BCUT2D eigenvalue weighted by Gasteiger charge is 2.64. The Morgan fingerprint density at radius 3 is 2.52 bits per heavy atom. The highest BCUT2D eigenvalue weighted by Crippen LogP contribution is 2.48. The number of fused-ring (bicyclic) bond motifs is 3. The molecule has 0 bridgehead atoms. The van der Waals surface area contributed by atoms with Gasteiger partial charge in [0, 0.05) is 47.5 Å². The van der Waals surface area contributed by atoms with Crippen LogP contribution in [0.2, 0.25) is 0 Å². The molecule has 2 aliphatic heterocycles. The van der Waals surface area contributed by atoms with E-state index in [-0.39, 0.29) is 44.1 Å². The molecule has 14 nitrogen and oxygen atoms in total. The number of nitrogens with one attached hydrogen (secondary N) is 3. The van der Waals surface area contributed by atoms with Crippen LogP contribution in [0.15, 0.2) is 66.1 Å². The minimum Gasteiger partial charge on any atom is -0.496 e. The first-order chi connectivity index (χ1) is 29.3. The van der Waals surface area contributed by atoms with Crippen LogP contribution in [-0.2, 0) is 29.1 Å². The molecule has 61 heavy (non-hydrogen) atoms. The summed E-state index contributed by atoms with van der Waals surface area (Å²) in [6, 6.07) is 13.5. The quantitative estimate of drug-likeness (QED) is 0.138. The Bertz CT molecular complexity index is 2450. The van der Waals surface area contributed by atoms with Crippen molar-refractivity contribution in [1.29, 1.82) is 0 Å². The van der Waals surface area contributed by atoms with Crippen LogP contribution < -0.4 is 24.8 Å². The van der Waals surface area contributed by atoms with E-state index in [2.05, 4.69) is 29.2 Å². The number of nitrogens with zero attached hydrogens (tertiary/aromatic N) is 3. The summed E-state index contributed by atoms with van der Waals surface area (Å²) in [5.41, 5.74) is 2.34. The molecule has 16 heteroatoms. The summed E-state index contributed by atoms with van der Waals surface area (Å²) in [6.07, 6.45) is 7.87. The number of allylic oxidation sites excluding steroid dienone is 1. The van der Waals surface area contributed by atoms with Gasteiger partial charge in [0.2, 0.25) is 11.8 Å². The number of ether oxygens (including phenoxy) is 3. The number of carbonyl (C=O) groups is 3. The summed E-state index contributed by atoms with van der Waals surface area (Å²) in [4.78, 5) is 53.7. The molecule has 3 fully saturated rings. The van der Waals surface area contributed by atoms with Gasteiger partial charge in [0.1, 0.15) is 45.9 Å². The average molecular weight is 871 g/mol. The molecule has 4 aliphatic rings. The van der Waals surface area contributed by atoms with Crippen molar-refractivity contribution in [2.24, 2.45) is 5.92 Å². The number of hydrogen-bond acceptors (Lipinski definition) is 12. The van der Waals surface area contributed by atoms with Crippen LogP contribution in [0.5, 0.6) is 11.5 Å². The fraction of sp³-hybridized carbons (Fsp3) is 0.489. The number of para-hydroxylation sites is 1. The predicted molar refractivity (Wildman–Crippen MR) is 234 cm³/mol. The van der Waals surface area contributed by atoms with E-state index >= 15 is 0 Å². The molecule has 1 saturated heterocycles. The Labute approximate surface area is 360 Å². The summed E-state index contributed by atoms with van der Waals surface area (Å²) in [5.74, 6) is -0.667. The maximum atomic E-state index is 14.9. The molecule has 3 amide bonds. The number of aromatic nitrogens is 2. The number of sulfonamides is 1. The van der Waals surface area contributed by atoms with Crippen LogP contribution in [0.3, 0.4) is 0 Å². The number of rotatable bonds is 11. The van der Waals surface area contributed by atoms with Gasteiger partial charge in [-0.15, -0.1) is 11.3 Å². The lowest BCUT2D eigenvalue weighted by molar-refractivity contribution is -0.140. The molecule has 4 heterocycles. The number of methoxy groups -OCH3 is 2. The van der Waals surface area contributed by atoms with Crippen LogP contribution in [-0.4, -0.2) is 90.4 Å². The third-order valence-corrected chi connectivity index (χ3v) is 15.4. The second-order valence-corrected chi connectivity index (χ2v) is 19.8. The normalized spacial score (nSPS) is 25.7. The highest BCUT2D eigenvalue weighted by molar-refractivity contribution is 7.91. The van der Waals surface area contributed by atoms with Crippen molar-refractivity contribution in [2.45, 2.75) is 113 Å². The van der Waals surface area contributed by atoms with Gasteiger partial charge in [0.25, 0.3) is 15.9 Å². The van der Waals surface area contributed by atoms with E-state index in [1.54, 1.807) is 12.0 Å². The number of anilines is 1. The number of carbonyl (C=O) groups excluding carboxylic acids is 3. The van der Waals surface area contributed by atoms with Crippen LogP contribution in [0, 0.1) is 12.8 Å². The molecule has 324 valence electrons. The lowest BCUT2D eigenvalue weighted by Crippen LogP contribution is -2.58. The van der Waals surface area contributed by atoms with Crippen molar-refractivity contribution in [3.05, 3.63) is 77.3 Å². The number of aryl methyl sites for hydroxylation is 1. The zero-order valence-electron chi connectivity index (χ0n) is 35.2. The van der Waals surface area contributed by atoms with Gasteiger partial charge < -0.3 is 29.7 Å². The number of thiazole rings is 1. The summed E-state index contributed by atoms with van der Waals surface area (Å²) in [6.45, 7) is 6.20. The third-order valence-electron chi connectivity index (χ3n) is 12.5. The van der Waals surface area contributed by atoms with Crippen molar-refractivity contribution in [3.8, 4) is 22.2 Å². The van der Waals surface area contributed by atoms with Crippen molar-refractivity contribution in [1.82, 2.24) is 24.9 Å². The van der Waals surface area contributed by atoms with E-state index in [1.165, 1.54) is 18.4 Å². The monoisotopic (exact) mass is 870 g/mol. The van der Waals surface area contributed by atoms with Crippen molar-refractivity contribution < 1.29 is 37.0 Å². The summed E-state index contributed by atoms with van der Waals surface area (Å²) >= 11 is 1.50. The molecule has 0 radical (unpaired) electrons. The van der Waals surface area contributed by atoms with E-state index in [0.29, 0.717) is 29.1 Å². The molecule has 2 saturated carbocycles. The molecule has 4 aromatic rings. The van der Waals surface area contributed by atoms with Crippen molar-refractivity contribution >= 4 is 55.7 Å². The molecule has 2 aromatic carbocycles. The molecule has 3 N–H and O–H groups in total. The molecule has 0 unspecified atom stereocenters. The fourth-order valence-electron chi connectivity index (χ4n) is 8.55. The average Bonchev–Trinajstić information content (AvgIpc) is 4.07. The maximum Gasteiger partial charge on any atom is 0.265 e. The summed E-state index contributed by atoms with van der Waals surface area (Å²) in [7, 11) is -1.29. The topological polar surface area (TPSA) is 178 Å². The fourth-order valence-corrected chi connectivity index (χ4v) is 11.0. The first-order valence-corrected chi connectivity index (χ1v) is 23.5. The zero-order chi connectivity index (χ0) is 43.1. The maximum absolute atomic E-state index is 14.9. The predicted octanol–water partition coefficient (Wildman–Crippen LogP) is 6.61. The lowest BCUT2D eigenvalue weighted by Gasteiger charge is -2.30. The summed E-state index contributed by atoms with van der Waals surface area (Å²) in [5, 5.41) is 9.91. The van der Waals surface area contributed by atoms with E-state index in [9.17, 15) is 22.8 Å². The Balaban J connectivity index is 1.15. The standard InChI is InChI=1S/C45H54N6O8S2/c1-27(2)35-26-60-41(48-35)34-23-38(32-18-19-37(57-4)28(3)39(32)47-34)59-31-22-36-40(52)49-45(43(54)50-61(55,56)44(58-5)20-21-44)24-29(45)14-10-7-6-8-13-17-33(42(53)51(36)25-31)46-30-15-11-9-12-16-30/h9-12,14-16,18-19,23,26-27,29,31,33,36,46H,6-8,13,17,20-22,24-25H2,1-5H3,(H,49,52)(H,50,54)/b14-10-/t29-,31+,33-,36-,45+/m0/s1. The Morgan fingerprint density at radius 2 is 1.82 bits per heavy atom. The van der Waals surface area contributed by atoms with E-state index in [1.807, 2.05) is 73.0 Å². The third kappa shape index (κ3) is 8.46. The van der Waals surface area contributed by atoms with E-state index in [0.717, 1.165) is 53.0 Å². The van der Waals surface area contributed by atoms with Gasteiger partial charge in [-0.05, 0) is 75.6 Å². The van der Waals surface area contributed by atoms with E-state index in [4.69, 9.17) is 24.2 Å². The first-order valence-electron chi connectivity index (χ1n) is 21.1. The van der Waals surface area contributed by atoms with Gasteiger partial charge >= 0.3 is 0 Å². The second kappa shape index (κ2) is 17.0. The van der Waals surface area contributed by atoms with Gasteiger partial charge in [-0.2, -0.15) is 0 Å². The summed E-state index contributed by atoms with van der Waals surface area (Å²) < 4.78 is 46.9. The Morgan fingerprint density at radius 1 is 1.03 bits per heavy atom. The van der Waals surface area contributed by atoms with Crippen LogP contribution >= 0.6 is 11.3 Å². The smallest absolute Gasteiger partial charge is 0.265 e. The number of pyridine rings is 1. The van der Waals surface area contributed by atoms with Crippen molar-refractivity contribution in [3.63, 3.8) is 0 Å². The molecule has 5 atom stereocenters. The Hall–Kier alpha value is -5.06. The van der Waals surface area contributed by atoms with Gasteiger partial charge in [0.05, 0.1) is 24.9 Å². The molecular formula is C45H54N6O8S2. The number of benzene rings is 2. The molecule has 0 spiro atoms. The molecular weight excluding hydrogens is 817 g/mol. The van der Waals surface area contributed by atoms with E-state index < -0.39 is 56.4 Å². The number of hydrogen-bond donors (Lipinski definition) is 3. The SMILES string of the molecule is COc1ccc2c(O[C@@H]3C[C@H]4C(=O)N[C@]5(C(=O)NS(=O)(=O)C6(OC)CC6)C[C@@H]5/C=C\CCCCC[C@H](Nc5ccccc5)C(=O)N4C3)cc(-c3nc(C(C)C)cs3)nc2c1C. The minimum absolute atomic E-state index is 0.0835. The van der Waals surface area contributed by atoms with Crippen molar-refractivity contribution in [2.75, 3.05) is 26.1 Å². The van der Waals surface area contributed by atoms with Crippen LogP contribution in [0.25, 0.3) is 21.6 Å². The first kappa shape index (κ1) is 42.6. The largest absolute Gasteiger partial charge is 0.496 e. The van der Waals surface area contributed by atoms with Gasteiger partial charge in [-0.3, -0.25) is 14.4 Å². The van der Waals surface area contributed by atoms with Crippen LogP contribution in [0.1, 0.15) is 88.8 Å². The Kier molecular flexibility index (Phi) is 11.9. The van der Waals surface area contributed by atoms with Crippen LogP contribution in [0.4, 0.5) is 5.69 Å². The van der Waals surface area contributed by atoms with Gasteiger partial charge in [-0.25, -0.2) is 23.1 Å². The lowest BCUT2D eigenvalue weighted by atomic mass is 10.0. The number of amides is 3. The molecule has 2 aromatic heterocycles. The highest BCUT2D eigenvalue weighted by atomic mass is 32.2.